The summed E-state index contributed by atoms with van der Waals surface area (Å²) in [7, 11) is 0. The fraction of sp³-hybridized carbons (Fsp3) is 0.667. The molecule has 1 nitrogen and oxygen atoms in total. The van der Waals surface area contributed by atoms with Crippen LogP contribution >= 0.6 is 0 Å². The maximum Gasteiger partial charge on any atom is 0.178 e. The van der Waals surface area contributed by atoms with Crippen molar-refractivity contribution in [2.75, 3.05) is 0 Å². The topological polar surface area (TPSA) is 3.88 Å². The number of aromatic nitrogens is 1. The van der Waals surface area contributed by atoms with E-state index < -0.39 is 0 Å². The van der Waals surface area contributed by atoms with Gasteiger partial charge in [-0.15, -0.1) is 0 Å². The normalized spacial score (nSPS) is 10.1. The number of hydrogen-bond donors (Lipinski definition) is 0. The van der Waals surface area contributed by atoms with Gasteiger partial charge in [0, 0.05) is 25.5 Å². The van der Waals surface area contributed by atoms with E-state index in [0.29, 0.717) is 0 Å². The van der Waals surface area contributed by atoms with Crippen molar-refractivity contribution in [1.29, 1.82) is 0 Å². The van der Waals surface area contributed by atoms with Gasteiger partial charge in [0.25, 0.3) is 0 Å². The predicted octanol–water partition coefficient (Wildman–Crippen LogP) is 0.955. The maximum atomic E-state index is 2.37. The summed E-state index contributed by atoms with van der Waals surface area (Å²) in [4.78, 5) is 0. The Balaban J connectivity index is 0.00000256. The van der Waals surface area contributed by atoms with Crippen molar-refractivity contribution >= 4 is 0 Å². The van der Waals surface area contributed by atoms with E-state index in [4.69, 9.17) is 0 Å². The second kappa shape index (κ2) is 9.86. The molecule has 17 heavy (non-hydrogen) atoms. The van der Waals surface area contributed by atoms with E-state index in [0.717, 1.165) is 0 Å². The number of nitrogens with zero attached hydrogens (tertiary/aromatic N) is 1. The first-order chi connectivity index (χ1) is 7.74. The molecule has 0 spiro atoms. The van der Waals surface area contributed by atoms with Crippen molar-refractivity contribution in [1.82, 2.24) is 0 Å². The molecule has 1 aromatic heterocycles. The van der Waals surface area contributed by atoms with Gasteiger partial charge in [-0.3, -0.25) is 0 Å². The molecule has 2 heteroatoms. The van der Waals surface area contributed by atoms with E-state index >= 15 is 0 Å². The summed E-state index contributed by atoms with van der Waals surface area (Å²) < 4.78 is 2.37. The molecule has 0 bridgehead atoms. The zero-order valence-corrected chi connectivity index (χ0v) is 13.7. The molecule has 0 unspecified atom stereocenters. The molecule has 0 saturated heterocycles. The molecule has 98 valence electrons. The van der Waals surface area contributed by atoms with Crippen molar-refractivity contribution in [2.24, 2.45) is 0 Å². The van der Waals surface area contributed by atoms with Crippen molar-refractivity contribution in [2.45, 2.75) is 65.8 Å². The van der Waals surface area contributed by atoms with Crippen LogP contribution in [0.4, 0.5) is 0 Å². The van der Waals surface area contributed by atoms with E-state index in [-0.39, 0.29) is 24.0 Å². The van der Waals surface area contributed by atoms with Crippen LogP contribution in [0, 0.1) is 13.8 Å². The second-order valence-electron chi connectivity index (χ2n) is 4.81. The summed E-state index contributed by atoms with van der Waals surface area (Å²) in [6.07, 6.45) is 10.5. The molecule has 1 rings (SSSR count). The van der Waals surface area contributed by atoms with E-state index in [1.807, 2.05) is 0 Å². The molecule has 0 atom stereocenters. The standard InChI is InChI=1S/C15H26N.HI/c1-4-5-6-7-8-9-11-16-12-10-14(2)13-15(16)3;/h10,12-13H,4-9,11H2,1-3H3;1H/q+1;/p-1. The van der Waals surface area contributed by atoms with Crippen LogP contribution < -0.4 is 28.5 Å². The van der Waals surface area contributed by atoms with Gasteiger partial charge in [-0.2, -0.15) is 0 Å². The third-order valence-corrected chi connectivity index (χ3v) is 3.16. The minimum atomic E-state index is 0. The van der Waals surface area contributed by atoms with Crippen LogP contribution in [-0.2, 0) is 6.54 Å². The first-order valence-electron chi connectivity index (χ1n) is 6.70. The highest BCUT2D eigenvalue weighted by molar-refractivity contribution is 5.08. The van der Waals surface area contributed by atoms with Crippen LogP contribution in [0.15, 0.2) is 18.3 Å². The first-order valence-corrected chi connectivity index (χ1v) is 6.70. The molecule has 0 aliphatic heterocycles. The van der Waals surface area contributed by atoms with E-state index in [9.17, 15) is 0 Å². The summed E-state index contributed by atoms with van der Waals surface area (Å²) in [6.45, 7) is 7.80. The maximum absolute atomic E-state index is 2.37. The molecular formula is C15H26IN. The quantitative estimate of drug-likeness (QED) is 0.393. The van der Waals surface area contributed by atoms with Gasteiger partial charge in [0.1, 0.15) is 6.54 Å². The van der Waals surface area contributed by atoms with Gasteiger partial charge in [0.05, 0.1) is 0 Å². The summed E-state index contributed by atoms with van der Waals surface area (Å²) in [5.41, 5.74) is 2.74. The van der Waals surface area contributed by atoms with Crippen LogP contribution in [0.2, 0.25) is 0 Å². The molecule has 1 aromatic rings. The summed E-state index contributed by atoms with van der Waals surface area (Å²) in [5.74, 6) is 0. The molecule has 0 amide bonds. The molecule has 0 N–H and O–H groups in total. The second-order valence-corrected chi connectivity index (χ2v) is 4.81. The molecule has 0 aromatic carbocycles. The minimum absolute atomic E-state index is 0. The van der Waals surface area contributed by atoms with Gasteiger partial charge < -0.3 is 24.0 Å². The lowest BCUT2D eigenvalue weighted by atomic mass is 10.1. The van der Waals surface area contributed by atoms with E-state index in [2.05, 4.69) is 43.7 Å². The number of halogens is 1. The lowest BCUT2D eigenvalue weighted by Crippen LogP contribution is -3.00. The van der Waals surface area contributed by atoms with Crippen molar-refractivity contribution in [3.05, 3.63) is 29.6 Å². The van der Waals surface area contributed by atoms with Gasteiger partial charge >= 0.3 is 0 Å². The fourth-order valence-electron chi connectivity index (χ4n) is 2.10. The Hall–Kier alpha value is -0.120. The summed E-state index contributed by atoms with van der Waals surface area (Å²) in [6, 6.07) is 4.46. The third-order valence-electron chi connectivity index (χ3n) is 3.16. The number of rotatable bonds is 7. The average Bonchev–Trinajstić information content (AvgIpc) is 2.26. The highest BCUT2D eigenvalue weighted by atomic mass is 127. The third kappa shape index (κ3) is 7.02. The number of unbranched alkanes of at least 4 members (excludes halogenated alkanes) is 5. The molecule has 0 aliphatic carbocycles. The summed E-state index contributed by atoms with van der Waals surface area (Å²) >= 11 is 0. The number of pyridine rings is 1. The predicted molar refractivity (Wildman–Crippen MR) is 69.5 cm³/mol. The summed E-state index contributed by atoms with van der Waals surface area (Å²) in [5, 5.41) is 0. The Labute approximate surface area is 124 Å². The van der Waals surface area contributed by atoms with Gasteiger partial charge in [0.2, 0.25) is 0 Å². The SMILES string of the molecule is CCCCCCCC[n+]1ccc(C)cc1C.[I-]. The molecule has 0 aliphatic rings. The fourth-order valence-corrected chi connectivity index (χ4v) is 2.10. The van der Waals surface area contributed by atoms with Crippen LogP contribution in [0.5, 0.6) is 0 Å². The van der Waals surface area contributed by atoms with Gasteiger partial charge in [-0.1, -0.05) is 32.6 Å². The van der Waals surface area contributed by atoms with Gasteiger partial charge in [-0.05, 0) is 18.9 Å². The lowest BCUT2D eigenvalue weighted by Gasteiger charge is -2.02. The lowest BCUT2D eigenvalue weighted by molar-refractivity contribution is -0.703. The number of aryl methyl sites for hydroxylation is 3. The van der Waals surface area contributed by atoms with Crippen molar-refractivity contribution < 1.29 is 28.5 Å². The zero-order chi connectivity index (χ0) is 11.8. The van der Waals surface area contributed by atoms with Crippen molar-refractivity contribution in [3.8, 4) is 0 Å². The smallest absolute Gasteiger partial charge is 0.178 e. The number of hydrogen-bond acceptors (Lipinski definition) is 0. The Morgan fingerprint density at radius 1 is 1.00 bits per heavy atom. The van der Waals surface area contributed by atoms with Gasteiger partial charge in [0.15, 0.2) is 11.9 Å². The van der Waals surface area contributed by atoms with Gasteiger partial charge in [-0.25, -0.2) is 4.57 Å². The largest absolute Gasteiger partial charge is 1.00 e. The van der Waals surface area contributed by atoms with E-state index in [1.54, 1.807) is 0 Å². The Kier molecular flexibility index (Phi) is 9.79. The van der Waals surface area contributed by atoms with Crippen LogP contribution in [-0.4, -0.2) is 0 Å². The van der Waals surface area contributed by atoms with Crippen LogP contribution in [0.3, 0.4) is 0 Å². The molecule has 1 heterocycles. The highest BCUT2D eigenvalue weighted by Crippen LogP contribution is 2.05. The molecule has 0 radical (unpaired) electrons. The first kappa shape index (κ1) is 16.9. The van der Waals surface area contributed by atoms with Crippen LogP contribution in [0.25, 0.3) is 0 Å². The zero-order valence-electron chi connectivity index (χ0n) is 11.5. The van der Waals surface area contributed by atoms with Crippen LogP contribution in [0.1, 0.15) is 56.7 Å². The van der Waals surface area contributed by atoms with Crippen molar-refractivity contribution in [3.63, 3.8) is 0 Å². The molecule has 0 fully saturated rings. The Morgan fingerprint density at radius 2 is 1.65 bits per heavy atom. The monoisotopic (exact) mass is 347 g/mol. The molecular weight excluding hydrogens is 321 g/mol. The van der Waals surface area contributed by atoms with E-state index in [1.165, 1.54) is 56.3 Å². The average molecular weight is 347 g/mol. The molecule has 0 saturated carbocycles. The Morgan fingerprint density at radius 3 is 2.29 bits per heavy atom. The minimum Gasteiger partial charge on any atom is -1.00 e. The highest BCUT2D eigenvalue weighted by Gasteiger charge is 2.04. The Bertz CT molecular complexity index is 310.